The van der Waals surface area contributed by atoms with E-state index in [1.165, 1.54) is 25.7 Å². The predicted octanol–water partition coefficient (Wildman–Crippen LogP) is 3.57. The number of rotatable bonds is 10. The minimum absolute atomic E-state index is 0.175. The van der Waals surface area contributed by atoms with Crippen LogP contribution < -0.4 is 0 Å². The minimum Gasteiger partial charge on any atom is -0.392 e. The molecule has 0 aliphatic rings. The number of aliphatic hydroxyl groups is 1. The lowest BCUT2D eigenvalue weighted by molar-refractivity contribution is 0.182. The van der Waals surface area contributed by atoms with E-state index in [-0.39, 0.29) is 5.75 Å². The largest absolute Gasteiger partial charge is 0.392 e. The van der Waals surface area contributed by atoms with E-state index in [1.54, 1.807) is 30.3 Å². The molecule has 0 radical (unpaired) electrons. The summed E-state index contributed by atoms with van der Waals surface area (Å²) in [6.07, 6.45) is 6.66. The van der Waals surface area contributed by atoms with E-state index in [0.29, 0.717) is 11.3 Å². The maximum absolute atomic E-state index is 12.1. The SMILES string of the molecule is CCCCCCCCC(O)CS(=O)(=O)c1ccccc1. The van der Waals surface area contributed by atoms with Crippen molar-refractivity contribution in [2.75, 3.05) is 5.75 Å². The van der Waals surface area contributed by atoms with Crippen molar-refractivity contribution in [2.45, 2.75) is 62.9 Å². The monoisotopic (exact) mass is 298 g/mol. The first-order valence-electron chi connectivity index (χ1n) is 7.52. The smallest absolute Gasteiger partial charge is 0.180 e. The quantitative estimate of drug-likeness (QED) is 0.672. The fraction of sp³-hybridized carbons (Fsp3) is 0.625. The molecule has 0 spiro atoms. The molecule has 0 saturated carbocycles. The first-order valence-corrected chi connectivity index (χ1v) is 9.17. The molecule has 1 atom stereocenters. The van der Waals surface area contributed by atoms with E-state index in [9.17, 15) is 13.5 Å². The van der Waals surface area contributed by atoms with E-state index < -0.39 is 15.9 Å². The van der Waals surface area contributed by atoms with Crippen LogP contribution >= 0.6 is 0 Å². The van der Waals surface area contributed by atoms with Gasteiger partial charge in [-0.3, -0.25) is 0 Å². The van der Waals surface area contributed by atoms with Gasteiger partial charge in [-0.25, -0.2) is 8.42 Å². The molecule has 0 aromatic heterocycles. The molecule has 3 nitrogen and oxygen atoms in total. The van der Waals surface area contributed by atoms with Crippen molar-refractivity contribution in [2.24, 2.45) is 0 Å². The average Bonchev–Trinajstić information content (AvgIpc) is 2.43. The van der Waals surface area contributed by atoms with Gasteiger partial charge in [0, 0.05) is 0 Å². The highest BCUT2D eigenvalue weighted by Gasteiger charge is 2.18. The van der Waals surface area contributed by atoms with Crippen molar-refractivity contribution in [3.8, 4) is 0 Å². The highest BCUT2D eigenvalue weighted by molar-refractivity contribution is 7.91. The summed E-state index contributed by atoms with van der Waals surface area (Å²) in [5.41, 5.74) is 0. The third-order valence-electron chi connectivity index (χ3n) is 3.41. The van der Waals surface area contributed by atoms with Gasteiger partial charge in [-0.1, -0.05) is 63.6 Å². The van der Waals surface area contributed by atoms with Crippen LogP contribution in [-0.4, -0.2) is 25.4 Å². The van der Waals surface area contributed by atoms with Crippen LogP contribution in [0, 0.1) is 0 Å². The van der Waals surface area contributed by atoms with Gasteiger partial charge < -0.3 is 5.11 Å². The molecule has 1 N–H and O–H groups in total. The average molecular weight is 298 g/mol. The van der Waals surface area contributed by atoms with Gasteiger partial charge in [0.05, 0.1) is 16.8 Å². The Balaban J connectivity index is 2.30. The molecule has 0 fully saturated rings. The third-order valence-corrected chi connectivity index (χ3v) is 5.22. The Morgan fingerprint density at radius 1 is 1.00 bits per heavy atom. The lowest BCUT2D eigenvalue weighted by atomic mass is 10.1. The van der Waals surface area contributed by atoms with Gasteiger partial charge in [-0.05, 0) is 18.6 Å². The normalized spacial score (nSPS) is 13.3. The fourth-order valence-corrected chi connectivity index (χ4v) is 3.66. The highest BCUT2D eigenvalue weighted by atomic mass is 32.2. The zero-order chi connectivity index (χ0) is 14.8. The molecule has 0 amide bonds. The number of aliphatic hydroxyl groups excluding tert-OH is 1. The van der Waals surface area contributed by atoms with Crippen LogP contribution in [0.4, 0.5) is 0 Å². The molecule has 1 unspecified atom stereocenters. The van der Waals surface area contributed by atoms with Crippen LogP contribution in [0.2, 0.25) is 0 Å². The van der Waals surface area contributed by atoms with E-state index >= 15 is 0 Å². The number of sulfone groups is 1. The molecule has 1 rings (SSSR count). The molecule has 0 aliphatic carbocycles. The molecule has 20 heavy (non-hydrogen) atoms. The summed E-state index contributed by atoms with van der Waals surface area (Å²) in [4.78, 5) is 0.294. The number of hydrogen-bond donors (Lipinski definition) is 1. The van der Waals surface area contributed by atoms with Crippen LogP contribution in [0.25, 0.3) is 0 Å². The standard InChI is InChI=1S/C16H26O3S/c1-2-3-4-5-6-8-11-15(17)14-20(18,19)16-12-9-7-10-13-16/h7,9-10,12-13,15,17H,2-6,8,11,14H2,1H3. The van der Waals surface area contributed by atoms with Crippen LogP contribution in [0.3, 0.4) is 0 Å². The molecular formula is C16H26O3S. The van der Waals surface area contributed by atoms with E-state index in [4.69, 9.17) is 0 Å². The Kier molecular flexibility index (Phi) is 7.85. The van der Waals surface area contributed by atoms with Gasteiger partial charge in [0.15, 0.2) is 9.84 Å². The Bertz CT molecular complexity index is 454. The van der Waals surface area contributed by atoms with Crippen molar-refractivity contribution in [1.29, 1.82) is 0 Å². The van der Waals surface area contributed by atoms with E-state index in [2.05, 4.69) is 6.92 Å². The van der Waals surface area contributed by atoms with E-state index in [1.807, 2.05) is 0 Å². The Hall–Kier alpha value is -0.870. The summed E-state index contributed by atoms with van der Waals surface area (Å²) in [7, 11) is -3.36. The van der Waals surface area contributed by atoms with Gasteiger partial charge >= 0.3 is 0 Å². The second-order valence-electron chi connectivity index (χ2n) is 5.30. The molecular weight excluding hydrogens is 272 g/mol. The summed E-state index contributed by atoms with van der Waals surface area (Å²) in [6, 6.07) is 8.34. The highest BCUT2D eigenvalue weighted by Crippen LogP contribution is 2.14. The third kappa shape index (κ3) is 6.53. The van der Waals surface area contributed by atoms with Crippen molar-refractivity contribution in [1.82, 2.24) is 0 Å². The van der Waals surface area contributed by atoms with Crippen molar-refractivity contribution < 1.29 is 13.5 Å². The van der Waals surface area contributed by atoms with Crippen molar-refractivity contribution in [3.63, 3.8) is 0 Å². The maximum Gasteiger partial charge on any atom is 0.180 e. The lowest BCUT2D eigenvalue weighted by Gasteiger charge is -2.11. The molecule has 1 aromatic rings. The Morgan fingerprint density at radius 2 is 1.60 bits per heavy atom. The van der Waals surface area contributed by atoms with Crippen LogP contribution in [0.15, 0.2) is 35.2 Å². The molecule has 0 saturated heterocycles. The summed E-state index contributed by atoms with van der Waals surface area (Å²) in [5.74, 6) is -0.175. The Labute approximate surface area is 123 Å². The van der Waals surface area contributed by atoms with Crippen LogP contribution in [0.1, 0.15) is 51.9 Å². The second kappa shape index (κ2) is 9.14. The number of unbranched alkanes of at least 4 members (excludes halogenated alkanes) is 5. The molecule has 0 bridgehead atoms. The predicted molar refractivity (Wildman–Crippen MR) is 82.5 cm³/mol. The Morgan fingerprint density at radius 3 is 2.25 bits per heavy atom. The van der Waals surface area contributed by atoms with Gasteiger partial charge in [0.2, 0.25) is 0 Å². The minimum atomic E-state index is -3.36. The van der Waals surface area contributed by atoms with Gasteiger partial charge in [-0.2, -0.15) is 0 Å². The van der Waals surface area contributed by atoms with Crippen molar-refractivity contribution >= 4 is 9.84 Å². The first-order chi connectivity index (χ1) is 9.56. The topological polar surface area (TPSA) is 54.4 Å². The summed E-state index contributed by atoms with van der Waals surface area (Å²) in [6.45, 7) is 2.18. The molecule has 0 heterocycles. The molecule has 4 heteroatoms. The maximum atomic E-state index is 12.1. The number of benzene rings is 1. The molecule has 1 aromatic carbocycles. The summed E-state index contributed by atoms with van der Waals surface area (Å²) < 4.78 is 24.1. The van der Waals surface area contributed by atoms with E-state index in [0.717, 1.165) is 12.8 Å². The van der Waals surface area contributed by atoms with Gasteiger partial charge in [-0.15, -0.1) is 0 Å². The van der Waals surface area contributed by atoms with Crippen LogP contribution in [-0.2, 0) is 9.84 Å². The summed E-state index contributed by atoms with van der Waals surface area (Å²) in [5, 5.41) is 9.87. The van der Waals surface area contributed by atoms with Crippen LogP contribution in [0.5, 0.6) is 0 Å². The summed E-state index contributed by atoms with van der Waals surface area (Å²) >= 11 is 0. The molecule has 114 valence electrons. The first kappa shape index (κ1) is 17.2. The zero-order valence-corrected chi connectivity index (χ0v) is 13.1. The zero-order valence-electron chi connectivity index (χ0n) is 12.3. The molecule has 0 aliphatic heterocycles. The fourth-order valence-electron chi connectivity index (χ4n) is 2.22. The van der Waals surface area contributed by atoms with Gasteiger partial charge in [0.25, 0.3) is 0 Å². The van der Waals surface area contributed by atoms with Crippen molar-refractivity contribution in [3.05, 3.63) is 30.3 Å². The number of hydrogen-bond acceptors (Lipinski definition) is 3. The lowest BCUT2D eigenvalue weighted by Crippen LogP contribution is -2.20. The second-order valence-corrected chi connectivity index (χ2v) is 7.34. The van der Waals surface area contributed by atoms with Gasteiger partial charge in [0.1, 0.15) is 0 Å².